The lowest BCUT2D eigenvalue weighted by Gasteiger charge is -2.16. The van der Waals surface area contributed by atoms with E-state index >= 15 is 0 Å². The van der Waals surface area contributed by atoms with Gasteiger partial charge in [0, 0.05) is 12.0 Å². The Morgan fingerprint density at radius 2 is 1.77 bits per heavy atom. The van der Waals surface area contributed by atoms with Gasteiger partial charge in [-0.2, -0.15) is 13.2 Å². The number of carbonyl (C=O) groups excluding carboxylic acids is 1. The largest absolute Gasteiger partial charge is 0.492 e. The number of rotatable bonds is 8. The molecule has 2 unspecified atom stereocenters. The summed E-state index contributed by atoms with van der Waals surface area (Å²) < 4.78 is 55.9. The molecule has 2 aromatic rings. The summed E-state index contributed by atoms with van der Waals surface area (Å²) in [6.45, 7) is 0.395. The van der Waals surface area contributed by atoms with Crippen LogP contribution in [0, 0.1) is 11.2 Å². The molecule has 1 saturated carbocycles. The van der Waals surface area contributed by atoms with Gasteiger partial charge in [-0.05, 0) is 54.3 Å². The average molecular weight is 426 g/mol. The molecule has 30 heavy (non-hydrogen) atoms. The quantitative estimate of drug-likeness (QED) is 0.446. The number of alkyl halides is 3. The van der Waals surface area contributed by atoms with Gasteiger partial charge in [-0.15, -0.1) is 0 Å². The molecule has 1 fully saturated rings. The van der Waals surface area contributed by atoms with Crippen LogP contribution < -0.4 is 15.4 Å². The number of benzene rings is 2. The third kappa shape index (κ3) is 5.41. The van der Waals surface area contributed by atoms with Gasteiger partial charge in [-0.1, -0.05) is 12.1 Å². The van der Waals surface area contributed by atoms with Gasteiger partial charge < -0.3 is 20.5 Å². The van der Waals surface area contributed by atoms with Crippen LogP contribution in [0.2, 0.25) is 0 Å². The van der Waals surface area contributed by atoms with Crippen LogP contribution in [0.25, 0.3) is 0 Å². The van der Waals surface area contributed by atoms with E-state index in [9.17, 15) is 27.5 Å². The maximum Gasteiger partial charge on any atom is 0.416 e. The minimum atomic E-state index is -4.40. The van der Waals surface area contributed by atoms with Gasteiger partial charge in [-0.25, -0.2) is 9.18 Å². The molecule has 2 amide bonds. The Hall–Kier alpha value is -2.81. The molecule has 162 valence electrons. The van der Waals surface area contributed by atoms with E-state index in [0.29, 0.717) is 6.42 Å². The fourth-order valence-electron chi connectivity index (χ4n) is 3.33. The summed E-state index contributed by atoms with van der Waals surface area (Å²) >= 11 is 0. The smallest absolute Gasteiger partial charge is 0.416 e. The molecule has 9 heteroatoms. The maximum atomic E-state index is 13.0. The first kappa shape index (κ1) is 21.9. The van der Waals surface area contributed by atoms with Crippen molar-refractivity contribution >= 4 is 6.03 Å². The number of amides is 2. The summed E-state index contributed by atoms with van der Waals surface area (Å²) in [5.74, 6) is -0.0130. The minimum Gasteiger partial charge on any atom is -0.492 e. The minimum absolute atomic E-state index is 0.0476. The molecule has 5 nitrogen and oxygen atoms in total. The summed E-state index contributed by atoms with van der Waals surface area (Å²) in [6, 6.07) is 9.94. The third-order valence-corrected chi connectivity index (χ3v) is 5.22. The van der Waals surface area contributed by atoms with E-state index in [-0.39, 0.29) is 43.8 Å². The van der Waals surface area contributed by atoms with Crippen LogP contribution in [-0.2, 0) is 6.18 Å². The van der Waals surface area contributed by atoms with Crippen LogP contribution in [0.1, 0.15) is 23.5 Å². The first-order chi connectivity index (χ1) is 14.2. The maximum absolute atomic E-state index is 13.0. The van der Waals surface area contributed by atoms with Gasteiger partial charge in [0.05, 0.1) is 18.7 Å². The molecule has 0 aromatic heterocycles. The standard InChI is InChI=1S/C21H22F4N2O3/c22-16-5-1-14(2-6-16)18-11-20(18,13-28)12-27-19(29)26-9-10-30-17-7-3-15(4-8-17)21(23,24)25/h1-8,18,28H,9-13H2,(H2,26,27,29). The number of halogens is 4. The van der Waals surface area contributed by atoms with Crippen molar-refractivity contribution in [1.29, 1.82) is 0 Å². The molecule has 2 atom stereocenters. The van der Waals surface area contributed by atoms with Crippen molar-refractivity contribution in [2.75, 3.05) is 26.3 Å². The van der Waals surface area contributed by atoms with Gasteiger partial charge >= 0.3 is 12.2 Å². The van der Waals surface area contributed by atoms with Crippen LogP contribution in [-0.4, -0.2) is 37.4 Å². The molecule has 0 radical (unpaired) electrons. The number of ether oxygens (including phenoxy) is 1. The van der Waals surface area contributed by atoms with Crippen molar-refractivity contribution in [2.45, 2.75) is 18.5 Å². The average Bonchev–Trinajstić information content (AvgIpc) is 3.45. The van der Waals surface area contributed by atoms with Crippen LogP contribution >= 0.6 is 0 Å². The molecule has 0 saturated heterocycles. The fraction of sp³-hybridized carbons (Fsp3) is 0.381. The van der Waals surface area contributed by atoms with E-state index in [4.69, 9.17) is 4.74 Å². The molecule has 2 aromatic carbocycles. The highest BCUT2D eigenvalue weighted by Crippen LogP contribution is 2.58. The lowest BCUT2D eigenvalue weighted by molar-refractivity contribution is -0.137. The Kier molecular flexibility index (Phi) is 6.50. The third-order valence-electron chi connectivity index (χ3n) is 5.22. The van der Waals surface area contributed by atoms with E-state index in [1.165, 1.54) is 24.3 Å². The summed E-state index contributed by atoms with van der Waals surface area (Å²) in [4.78, 5) is 12.0. The number of hydrogen-bond acceptors (Lipinski definition) is 3. The van der Waals surface area contributed by atoms with Crippen LogP contribution in [0.3, 0.4) is 0 Å². The first-order valence-corrected chi connectivity index (χ1v) is 9.42. The van der Waals surface area contributed by atoms with E-state index in [2.05, 4.69) is 10.6 Å². The zero-order chi connectivity index (χ0) is 21.8. The molecular weight excluding hydrogens is 404 g/mol. The zero-order valence-electron chi connectivity index (χ0n) is 16.0. The topological polar surface area (TPSA) is 70.6 Å². The van der Waals surface area contributed by atoms with Crippen LogP contribution in [0.5, 0.6) is 5.75 Å². The van der Waals surface area contributed by atoms with Crippen molar-refractivity contribution in [3.63, 3.8) is 0 Å². The van der Waals surface area contributed by atoms with Crippen LogP contribution in [0.15, 0.2) is 48.5 Å². The van der Waals surface area contributed by atoms with Gasteiger partial charge in [0.2, 0.25) is 0 Å². The Morgan fingerprint density at radius 1 is 1.10 bits per heavy atom. The predicted molar refractivity (Wildman–Crippen MR) is 102 cm³/mol. The monoisotopic (exact) mass is 426 g/mol. The van der Waals surface area contributed by atoms with Gasteiger partial charge in [0.1, 0.15) is 18.2 Å². The van der Waals surface area contributed by atoms with Crippen molar-refractivity contribution in [3.8, 4) is 5.75 Å². The second-order valence-corrected chi connectivity index (χ2v) is 7.31. The molecule has 0 aliphatic heterocycles. The Bertz CT molecular complexity index is 856. The second kappa shape index (κ2) is 8.91. The van der Waals surface area contributed by atoms with Crippen molar-refractivity contribution in [1.82, 2.24) is 10.6 Å². The molecule has 0 heterocycles. The van der Waals surface area contributed by atoms with Gasteiger partial charge in [-0.3, -0.25) is 0 Å². The SMILES string of the molecule is O=C(NCCOc1ccc(C(F)(F)F)cc1)NCC1(CO)CC1c1ccc(F)cc1. The van der Waals surface area contributed by atoms with E-state index < -0.39 is 23.2 Å². The van der Waals surface area contributed by atoms with E-state index in [0.717, 1.165) is 17.7 Å². The van der Waals surface area contributed by atoms with Gasteiger partial charge in [0.25, 0.3) is 0 Å². The Morgan fingerprint density at radius 3 is 2.37 bits per heavy atom. The number of nitrogens with one attached hydrogen (secondary N) is 2. The zero-order valence-corrected chi connectivity index (χ0v) is 16.0. The number of urea groups is 1. The number of aliphatic hydroxyl groups is 1. The first-order valence-electron chi connectivity index (χ1n) is 9.42. The normalized spacial score (nSPS) is 20.5. The highest BCUT2D eigenvalue weighted by molar-refractivity contribution is 5.73. The summed E-state index contributed by atoms with van der Waals surface area (Å²) in [5.41, 5.74) is -0.312. The highest BCUT2D eigenvalue weighted by Gasteiger charge is 2.54. The lowest BCUT2D eigenvalue weighted by Crippen LogP contribution is -2.41. The summed E-state index contributed by atoms with van der Waals surface area (Å²) in [5, 5.41) is 15.0. The van der Waals surface area contributed by atoms with Crippen LogP contribution in [0.4, 0.5) is 22.4 Å². The molecule has 0 spiro atoms. The molecule has 3 rings (SSSR count). The predicted octanol–water partition coefficient (Wildman–Crippen LogP) is 3.69. The number of carbonyl (C=O) groups is 1. The molecule has 1 aliphatic carbocycles. The second-order valence-electron chi connectivity index (χ2n) is 7.31. The number of aliphatic hydroxyl groups excluding tert-OH is 1. The Labute approximate surface area is 171 Å². The molecular formula is C21H22F4N2O3. The van der Waals surface area contributed by atoms with E-state index in [1.807, 2.05) is 0 Å². The van der Waals surface area contributed by atoms with Crippen molar-refractivity contribution in [2.24, 2.45) is 5.41 Å². The lowest BCUT2D eigenvalue weighted by atomic mass is 10.00. The summed E-state index contributed by atoms with van der Waals surface area (Å²) in [7, 11) is 0. The van der Waals surface area contributed by atoms with Crippen molar-refractivity contribution < 1.29 is 32.2 Å². The molecule has 1 aliphatic rings. The Balaban J connectivity index is 1.37. The fourth-order valence-corrected chi connectivity index (χ4v) is 3.33. The molecule has 3 N–H and O–H groups in total. The number of hydrogen-bond donors (Lipinski definition) is 3. The van der Waals surface area contributed by atoms with Gasteiger partial charge in [0.15, 0.2) is 0 Å². The summed E-state index contributed by atoms with van der Waals surface area (Å²) in [6.07, 6.45) is -3.71. The highest BCUT2D eigenvalue weighted by atomic mass is 19.4. The molecule has 0 bridgehead atoms. The van der Waals surface area contributed by atoms with Crippen molar-refractivity contribution in [3.05, 3.63) is 65.5 Å². The van der Waals surface area contributed by atoms with E-state index in [1.54, 1.807) is 12.1 Å².